The Morgan fingerprint density at radius 2 is 1.73 bits per heavy atom. The van der Waals surface area contributed by atoms with E-state index in [1.807, 2.05) is 57.2 Å². The van der Waals surface area contributed by atoms with Crippen molar-refractivity contribution in [3.05, 3.63) is 63.6 Å². The molecule has 5 heteroatoms. The third-order valence-corrected chi connectivity index (χ3v) is 6.12. The number of ether oxygens (including phenoxy) is 1. The van der Waals surface area contributed by atoms with E-state index in [-0.39, 0.29) is 11.9 Å². The summed E-state index contributed by atoms with van der Waals surface area (Å²) in [4.78, 5) is 20.4. The molecule has 30 heavy (non-hydrogen) atoms. The van der Waals surface area contributed by atoms with E-state index in [1.54, 1.807) is 12.0 Å². The predicted molar refractivity (Wildman–Crippen MR) is 128 cm³/mol. The Morgan fingerprint density at radius 3 is 2.30 bits per heavy atom. The maximum absolute atomic E-state index is 13.2. The Labute approximate surface area is 184 Å². The molecular weight excluding hydrogens is 392 g/mol. The Hall–Kier alpha value is -2.53. The molecule has 2 aromatic carbocycles. The van der Waals surface area contributed by atoms with Crippen molar-refractivity contribution in [2.75, 3.05) is 7.11 Å². The fourth-order valence-electron chi connectivity index (χ4n) is 3.39. The molecule has 0 N–H and O–H groups in total. The average Bonchev–Trinajstić information content (AvgIpc) is 2.99. The summed E-state index contributed by atoms with van der Waals surface area (Å²) in [6, 6.07) is 12.2. The number of nitrogens with zero attached hydrogens (tertiary/aromatic N) is 2. The van der Waals surface area contributed by atoms with Gasteiger partial charge in [0, 0.05) is 6.04 Å². The number of aryl methyl sites for hydroxylation is 2. The quantitative estimate of drug-likeness (QED) is 0.520. The van der Waals surface area contributed by atoms with Gasteiger partial charge in [0.05, 0.1) is 17.7 Å². The second kappa shape index (κ2) is 9.09. The van der Waals surface area contributed by atoms with Crippen LogP contribution in [0.25, 0.3) is 6.08 Å². The predicted octanol–water partition coefficient (Wildman–Crippen LogP) is 6.45. The molecule has 4 nitrogen and oxygen atoms in total. The lowest BCUT2D eigenvalue weighted by Gasteiger charge is -2.19. The van der Waals surface area contributed by atoms with Gasteiger partial charge in [0.2, 0.25) is 0 Å². The maximum Gasteiger partial charge on any atom is 0.266 e. The van der Waals surface area contributed by atoms with Crippen LogP contribution in [0.15, 0.2) is 46.3 Å². The van der Waals surface area contributed by atoms with Gasteiger partial charge in [-0.3, -0.25) is 9.69 Å². The first-order valence-electron chi connectivity index (χ1n) is 10.3. The number of benzene rings is 2. The van der Waals surface area contributed by atoms with E-state index in [4.69, 9.17) is 9.73 Å². The molecule has 1 saturated heterocycles. The third-order valence-electron chi connectivity index (χ3n) is 5.14. The van der Waals surface area contributed by atoms with Gasteiger partial charge in [-0.1, -0.05) is 31.5 Å². The Morgan fingerprint density at radius 1 is 1.07 bits per heavy atom. The third kappa shape index (κ3) is 4.62. The number of amidine groups is 1. The van der Waals surface area contributed by atoms with Gasteiger partial charge >= 0.3 is 0 Å². The highest BCUT2D eigenvalue weighted by Gasteiger charge is 2.35. The van der Waals surface area contributed by atoms with Crippen LogP contribution in [-0.2, 0) is 4.79 Å². The number of rotatable bonds is 5. The zero-order valence-electron chi connectivity index (χ0n) is 18.8. The van der Waals surface area contributed by atoms with Gasteiger partial charge in [0.1, 0.15) is 5.75 Å². The van der Waals surface area contributed by atoms with E-state index >= 15 is 0 Å². The Bertz CT molecular complexity index is 1000. The second-order valence-electron chi connectivity index (χ2n) is 8.21. The van der Waals surface area contributed by atoms with Crippen molar-refractivity contribution in [2.24, 2.45) is 4.99 Å². The minimum atomic E-state index is 0.00202. The summed E-state index contributed by atoms with van der Waals surface area (Å²) in [5, 5.41) is 0.723. The number of carbonyl (C=O) groups is 1. The smallest absolute Gasteiger partial charge is 0.266 e. The number of thioether (sulfide) groups is 1. The minimum absolute atomic E-state index is 0.00202. The van der Waals surface area contributed by atoms with Crippen LogP contribution in [0.1, 0.15) is 55.9 Å². The van der Waals surface area contributed by atoms with E-state index in [9.17, 15) is 4.79 Å². The average molecular weight is 423 g/mol. The minimum Gasteiger partial charge on any atom is -0.496 e. The molecule has 1 aliphatic rings. The lowest BCUT2D eigenvalue weighted by Crippen LogP contribution is -2.35. The van der Waals surface area contributed by atoms with Crippen molar-refractivity contribution in [3.8, 4) is 5.75 Å². The molecule has 1 heterocycles. The van der Waals surface area contributed by atoms with Crippen LogP contribution < -0.4 is 4.74 Å². The number of methoxy groups -OCH3 is 1. The molecule has 0 spiro atoms. The van der Waals surface area contributed by atoms with Crippen molar-refractivity contribution >= 4 is 34.6 Å². The van der Waals surface area contributed by atoms with Crippen LogP contribution in [0.5, 0.6) is 5.75 Å². The summed E-state index contributed by atoms with van der Waals surface area (Å²) in [5.41, 5.74) is 5.30. The number of hydrogen-bond donors (Lipinski definition) is 0. The highest BCUT2D eigenvalue weighted by molar-refractivity contribution is 8.18. The van der Waals surface area contributed by atoms with Crippen molar-refractivity contribution in [2.45, 2.75) is 53.5 Å². The molecule has 3 rings (SSSR count). The van der Waals surface area contributed by atoms with E-state index in [0.29, 0.717) is 10.8 Å². The van der Waals surface area contributed by atoms with Crippen LogP contribution >= 0.6 is 11.8 Å². The molecule has 1 fully saturated rings. The van der Waals surface area contributed by atoms with Gasteiger partial charge in [0.25, 0.3) is 5.91 Å². The van der Waals surface area contributed by atoms with Gasteiger partial charge in [-0.15, -0.1) is 0 Å². The fourth-order valence-corrected chi connectivity index (χ4v) is 4.50. The molecule has 0 bridgehead atoms. The van der Waals surface area contributed by atoms with Gasteiger partial charge in [-0.25, -0.2) is 4.99 Å². The second-order valence-corrected chi connectivity index (χ2v) is 9.22. The van der Waals surface area contributed by atoms with E-state index in [2.05, 4.69) is 26.8 Å². The number of hydrogen-bond acceptors (Lipinski definition) is 4. The van der Waals surface area contributed by atoms with Crippen LogP contribution in [0, 0.1) is 13.8 Å². The summed E-state index contributed by atoms with van der Waals surface area (Å²) >= 11 is 1.44. The maximum atomic E-state index is 13.2. The molecule has 1 aliphatic heterocycles. The van der Waals surface area contributed by atoms with E-state index in [1.165, 1.54) is 17.3 Å². The first kappa shape index (κ1) is 22.2. The summed E-state index contributed by atoms with van der Waals surface area (Å²) in [6.07, 6.45) is 1.99. The monoisotopic (exact) mass is 422 g/mol. The van der Waals surface area contributed by atoms with Gasteiger partial charge in [0.15, 0.2) is 5.17 Å². The van der Waals surface area contributed by atoms with Crippen LogP contribution in [-0.4, -0.2) is 29.1 Å². The molecule has 1 amide bonds. The van der Waals surface area contributed by atoms with E-state index < -0.39 is 0 Å². The molecule has 2 aromatic rings. The molecule has 0 atom stereocenters. The Balaban J connectivity index is 2.02. The van der Waals surface area contributed by atoms with Gasteiger partial charge in [-0.2, -0.15) is 0 Å². The highest BCUT2D eigenvalue weighted by atomic mass is 32.2. The molecule has 0 saturated carbocycles. The largest absolute Gasteiger partial charge is 0.496 e. The van der Waals surface area contributed by atoms with E-state index in [0.717, 1.165) is 33.3 Å². The van der Waals surface area contributed by atoms with Crippen molar-refractivity contribution in [3.63, 3.8) is 0 Å². The highest BCUT2D eigenvalue weighted by Crippen LogP contribution is 2.37. The summed E-state index contributed by atoms with van der Waals surface area (Å²) in [6.45, 7) is 12.4. The standard InChI is InChI=1S/C25H30N2O2S/c1-15(2)21-13-19(18(6)12-22(21)29-7)14-23-24(28)27(16(3)4)25(30-23)26-20-10-8-17(5)9-11-20/h8-16H,1-7H3/b23-14+,26-25?. The van der Waals surface area contributed by atoms with Crippen molar-refractivity contribution in [1.29, 1.82) is 0 Å². The topological polar surface area (TPSA) is 41.9 Å². The number of aliphatic imine (C=N–C) groups is 1. The number of carbonyl (C=O) groups excluding carboxylic acids is 1. The summed E-state index contributed by atoms with van der Waals surface area (Å²) in [7, 11) is 1.70. The normalized spacial score (nSPS) is 17.1. The Kier molecular flexibility index (Phi) is 6.71. The zero-order chi connectivity index (χ0) is 22.0. The lowest BCUT2D eigenvalue weighted by atomic mass is 9.96. The molecule has 0 unspecified atom stereocenters. The molecule has 0 radical (unpaired) electrons. The summed E-state index contributed by atoms with van der Waals surface area (Å²) in [5.74, 6) is 1.22. The van der Waals surface area contributed by atoms with Crippen LogP contribution in [0.2, 0.25) is 0 Å². The van der Waals surface area contributed by atoms with Crippen molar-refractivity contribution < 1.29 is 9.53 Å². The fraction of sp³-hybridized carbons (Fsp3) is 0.360. The SMILES string of the molecule is COc1cc(C)c(/C=C2/SC(=Nc3ccc(C)cc3)N(C(C)C)C2=O)cc1C(C)C. The van der Waals surface area contributed by atoms with Crippen LogP contribution in [0.3, 0.4) is 0 Å². The molecule has 158 valence electrons. The first-order valence-corrected chi connectivity index (χ1v) is 11.1. The van der Waals surface area contributed by atoms with Crippen LogP contribution in [0.4, 0.5) is 5.69 Å². The molecule has 0 aromatic heterocycles. The first-order chi connectivity index (χ1) is 14.2. The molecular formula is C25H30N2O2S. The summed E-state index contributed by atoms with van der Waals surface area (Å²) < 4.78 is 5.55. The van der Waals surface area contributed by atoms with Gasteiger partial charge < -0.3 is 4.74 Å². The van der Waals surface area contributed by atoms with Crippen molar-refractivity contribution in [1.82, 2.24) is 4.90 Å². The zero-order valence-corrected chi connectivity index (χ0v) is 19.6. The van der Waals surface area contributed by atoms with Gasteiger partial charge in [-0.05, 0) is 92.4 Å². The lowest BCUT2D eigenvalue weighted by molar-refractivity contribution is -0.123. The number of amides is 1. The molecule has 0 aliphatic carbocycles.